The van der Waals surface area contributed by atoms with Crippen molar-refractivity contribution in [3.63, 3.8) is 0 Å². The number of benzene rings is 2. The van der Waals surface area contributed by atoms with Gasteiger partial charge >= 0.3 is 23.9 Å². The van der Waals surface area contributed by atoms with Crippen molar-refractivity contribution in [3.05, 3.63) is 59.7 Å². The maximum Gasteiger partial charge on any atom is 0.326 e. The van der Waals surface area contributed by atoms with E-state index in [1.807, 2.05) is 6.92 Å². The summed E-state index contributed by atoms with van der Waals surface area (Å²) >= 11 is 0. The van der Waals surface area contributed by atoms with Crippen LogP contribution in [0.5, 0.6) is 11.5 Å². The minimum Gasteiger partial charge on any atom is -0.480 e. The van der Waals surface area contributed by atoms with Crippen LogP contribution < -0.4 is 46.1 Å². The van der Waals surface area contributed by atoms with Crippen LogP contribution in [0.25, 0.3) is 0 Å². The van der Waals surface area contributed by atoms with Crippen molar-refractivity contribution in [1.29, 1.82) is 0 Å². The highest BCUT2D eigenvalue weighted by molar-refractivity contribution is 6.28. The number of amides is 6. The number of Topliss-reactive ketones (excluding diaryl/α,β-unsaturated/α-hetero) is 1. The third-order valence-corrected chi connectivity index (χ3v) is 11.2. The lowest BCUT2D eigenvalue weighted by molar-refractivity contribution is -0.143. The summed E-state index contributed by atoms with van der Waals surface area (Å²) in [7, 11) is 0. The fraction of sp³-hybridized carbons (Fsp3) is 0.444. The van der Waals surface area contributed by atoms with Crippen LogP contribution in [-0.2, 0) is 43.2 Å². The zero-order valence-electron chi connectivity index (χ0n) is 39.1. The Labute approximate surface area is 411 Å². The Morgan fingerprint density at radius 2 is 1.29 bits per heavy atom. The number of nitrogens with one attached hydrogen (secondary N) is 5. The van der Waals surface area contributed by atoms with Gasteiger partial charge in [-0.15, -0.1) is 0 Å². The highest BCUT2D eigenvalue weighted by Gasteiger charge is 2.38. The summed E-state index contributed by atoms with van der Waals surface area (Å²) in [6, 6.07) is 6.35. The summed E-state index contributed by atoms with van der Waals surface area (Å²) < 4.78 is 10.8. The number of carbonyl (C=O) groups excluding carboxylic acids is 7. The maximum atomic E-state index is 13.3. The molecule has 0 saturated heterocycles. The first-order valence-electron chi connectivity index (χ1n) is 22.7. The second-order valence-electron chi connectivity index (χ2n) is 16.5. The standard InChI is InChI=1S/C45H56N10O17/c1-2-54-31-20-33-32(71-26-72-33)19-29(31)42(66)41(50-54)44(68)48-13-12-46-34(56)21-52(24-39(62)63)16-14-51(23-38(60)61)15-17-53(25-40(64)65)22-35(57)49-30(45(69)70)8-3-4-11-47-43(67)27-6-5-7-28(18-27)55-36(58)9-10-37(55)59/h5-7,9-10,18-20,30,41,50H,2-4,8,11-17,21-26H2,1H3,(H,46,56)(H,47,67)(H,48,68)(H,49,57)(H,60,61)(H,62,63)(H,64,65)(H,69,70)/t30-,41?/m0/s1. The van der Waals surface area contributed by atoms with E-state index in [1.54, 1.807) is 11.1 Å². The molecule has 0 aromatic heterocycles. The monoisotopic (exact) mass is 1010 g/mol. The average Bonchev–Trinajstić information content (AvgIpc) is 3.93. The molecule has 2 aromatic carbocycles. The first kappa shape index (κ1) is 54.9. The Kier molecular flexibility index (Phi) is 20.0. The molecule has 27 heteroatoms. The third kappa shape index (κ3) is 16.0. The van der Waals surface area contributed by atoms with E-state index in [0.717, 1.165) is 22.0 Å². The minimum atomic E-state index is -1.39. The molecule has 3 aliphatic rings. The van der Waals surface area contributed by atoms with Crippen LogP contribution in [0.3, 0.4) is 0 Å². The maximum absolute atomic E-state index is 13.3. The Morgan fingerprint density at radius 1 is 0.708 bits per heavy atom. The van der Waals surface area contributed by atoms with Crippen LogP contribution >= 0.6 is 0 Å². The molecule has 0 saturated carbocycles. The zero-order valence-corrected chi connectivity index (χ0v) is 39.1. The van der Waals surface area contributed by atoms with E-state index in [2.05, 4.69) is 26.7 Å². The molecule has 3 heterocycles. The molecule has 3 aliphatic heterocycles. The second-order valence-corrected chi connectivity index (χ2v) is 16.5. The molecule has 0 fully saturated rings. The van der Waals surface area contributed by atoms with Gasteiger partial charge in [0.05, 0.1) is 44.1 Å². The van der Waals surface area contributed by atoms with Crippen LogP contribution in [0.15, 0.2) is 48.6 Å². The zero-order chi connectivity index (χ0) is 52.5. The summed E-state index contributed by atoms with van der Waals surface area (Å²) in [4.78, 5) is 141. The van der Waals surface area contributed by atoms with Crippen molar-refractivity contribution in [2.45, 2.75) is 38.3 Å². The lowest BCUT2D eigenvalue weighted by atomic mass is 9.98. The molecule has 9 N–H and O–H groups in total. The molecule has 0 aliphatic carbocycles. The molecular weight excluding hydrogens is 953 g/mol. The van der Waals surface area contributed by atoms with Gasteiger partial charge in [-0.25, -0.2) is 15.1 Å². The van der Waals surface area contributed by atoms with Gasteiger partial charge in [-0.3, -0.25) is 62.6 Å². The van der Waals surface area contributed by atoms with Crippen LogP contribution in [-0.4, -0.2) is 204 Å². The highest BCUT2D eigenvalue weighted by Crippen LogP contribution is 2.40. The summed E-state index contributed by atoms with van der Waals surface area (Å²) in [5.41, 5.74) is 4.04. The van der Waals surface area contributed by atoms with E-state index in [-0.39, 0.29) is 82.3 Å². The molecule has 388 valence electrons. The van der Waals surface area contributed by atoms with E-state index in [0.29, 0.717) is 30.2 Å². The number of carbonyl (C=O) groups is 11. The topological polar surface area (TPSA) is 364 Å². The van der Waals surface area contributed by atoms with Crippen molar-refractivity contribution < 1.29 is 82.6 Å². The van der Waals surface area contributed by atoms with Gasteiger partial charge in [0.15, 0.2) is 23.3 Å². The Hall–Kier alpha value is -8.01. The van der Waals surface area contributed by atoms with Crippen molar-refractivity contribution in [1.82, 2.24) is 41.4 Å². The van der Waals surface area contributed by atoms with Crippen LogP contribution in [0.4, 0.5) is 11.4 Å². The Bertz CT molecular complexity index is 2430. The van der Waals surface area contributed by atoms with E-state index < -0.39 is 110 Å². The number of ether oxygens (including phenoxy) is 2. The van der Waals surface area contributed by atoms with Crippen LogP contribution in [0.1, 0.15) is 46.9 Å². The van der Waals surface area contributed by atoms with Gasteiger partial charge in [0, 0.05) is 81.7 Å². The van der Waals surface area contributed by atoms with Crippen molar-refractivity contribution in [2.75, 3.05) is 102 Å². The Balaban J connectivity index is 1.05. The van der Waals surface area contributed by atoms with Gasteiger partial charge in [0.2, 0.25) is 24.5 Å². The SMILES string of the molecule is CCN1NC(C(=O)NCCNC(=O)CN(CCN(CCN(CC(=O)O)CC(=O)N[C@@H](CCCCNC(=O)c2cccc(N3C(=O)C=CC3=O)c2)C(=O)O)CC(=O)O)CC(=O)O)C(=O)c2cc3c(cc21)OCO3. The van der Waals surface area contributed by atoms with Gasteiger partial charge in [-0.05, 0) is 50.5 Å². The summed E-state index contributed by atoms with van der Waals surface area (Å²) in [5, 5.41) is 50.3. The van der Waals surface area contributed by atoms with Crippen molar-refractivity contribution in [2.24, 2.45) is 0 Å². The van der Waals surface area contributed by atoms with Crippen LogP contribution in [0.2, 0.25) is 0 Å². The lowest BCUT2D eigenvalue weighted by Gasteiger charge is -2.34. The predicted molar refractivity (Wildman–Crippen MR) is 249 cm³/mol. The number of carboxylic acid groups (broad SMARTS) is 4. The summed E-state index contributed by atoms with van der Waals surface area (Å²) in [5.74, 6) is -8.72. The molecule has 1 unspecified atom stereocenters. The molecule has 27 nitrogen and oxygen atoms in total. The molecule has 2 atom stereocenters. The number of rotatable bonds is 30. The first-order chi connectivity index (χ1) is 34.3. The normalized spacial score (nSPS) is 15.2. The molecule has 2 aromatic rings. The molecular formula is C45H56N10O17. The molecule has 0 radical (unpaired) electrons. The summed E-state index contributed by atoms with van der Waals surface area (Å²) in [6.07, 6.45) is 2.69. The third-order valence-electron chi connectivity index (χ3n) is 11.2. The number of imide groups is 1. The van der Waals surface area contributed by atoms with Gasteiger partial charge < -0.3 is 56.2 Å². The number of hydrazine groups is 1. The lowest BCUT2D eigenvalue weighted by Crippen LogP contribution is -2.59. The summed E-state index contributed by atoms with van der Waals surface area (Å²) in [6.45, 7) is -1.43. The fourth-order valence-electron chi connectivity index (χ4n) is 7.74. The quantitative estimate of drug-likeness (QED) is 0.0218. The Morgan fingerprint density at radius 3 is 1.90 bits per heavy atom. The molecule has 0 spiro atoms. The van der Waals surface area contributed by atoms with Gasteiger partial charge in [-0.1, -0.05) is 6.07 Å². The second kappa shape index (κ2) is 26.3. The highest BCUT2D eigenvalue weighted by atomic mass is 16.7. The number of carboxylic acids is 4. The average molecular weight is 1010 g/mol. The molecule has 6 amide bonds. The minimum absolute atomic E-state index is 0.00785. The number of hydrogen-bond acceptors (Lipinski definition) is 18. The fourth-order valence-corrected chi connectivity index (χ4v) is 7.74. The van der Waals surface area contributed by atoms with E-state index >= 15 is 0 Å². The number of nitrogens with zero attached hydrogens (tertiary/aromatic N) is 5. The largest absolute Gasteiger partial charge is 0.480 e. The number of ketones is 1. The van der Waals surface area contributed by atoms with Crippen molar-refractivity contribution in [3.8, 4) is 11.5 Å². The van der Waals surface area contributed by atoms with E-state index in [1.165, 1.54) is 40.1 Å². The first-order valence-corrected chi connectivity index (χ1v) is 22.7. The molecule has 72 heavy (non-hydrogen) atoms. The molecule has 0 bridgehead atoms. The van der Waals surface area contributed by atoms with Gasteiger partial charge in [0.25, 0.3) is 17.7 Å². The molecule has 5 rings (SSSR count). The van der Waals surface area contributed by atoms with Crippen LogP contribution in [0, 0.1) is 0 Å². The van der Waals surface area contributed by atoms with Gasteiger partial charge in [-0.2, -0.15) is 0 Å². The number of anilines is 2. The number of unbranched alkanes of at least 4 members (excludes halogenated alkanes) is 1. The number of fused-ring (bicyclic) bond motifs is 2. The van der Waals surface area contributed by atoms with E-state index in [9.17, 15) is 73.2 Å². The van der Waals surface area contributed by atoms with E-state index in [4.69, 9.17) is 9.47 Å². The smallest absolute Gasteiger partial charge is 0.326 e. The predicted octanol–water partition coefficient (Wildman–Crippen LogP) is -2.70. The number of aliphatic carboxylic acids is 4. The van der Waals surface area contributed by atoms with Crippen molar-refractivity contribution >= 4 is 76.5 Å². The number of hydrogen-bond donors (Lipinski definition) is 9. The van der Waals surface area contributed by atoms with Gasteiger partial charge in [0.1, 0.15) is 6.04 Å².